The predicted molar refractivity (Wildman–Crippen MR) is 123 cm³/mol. The van der Waals surface area contributed by atoms with E-state index in [9.17, 15) is 13.2 Å². The predicted octanol–water partition coefficient (Wildman–Crippen LogP) is 3.72. The van der Waals surface area contributed by atoms with E-state index in [2.05, 4.69) is 15.3 Å². The fourth-order valence-electron chi connectivity index (χ4n) is 3.07. The van der Waals surface area contributed by atoms with E-state index in [0.29, 0.717) is 30.5 Å². The maximum absolute atomic E-state index is 12.7. The van der Waals surface area contributed by atoms with Crippen LogP contribution in [0.2, 0.25) is 0 Å². The number of sulfonamides is 1. The Morgan fingerprint density at radius 2 is 1.94 bits per heavy atom. The number of H-pyrrole nitrogens is 1. The van der Waals surface area contributed by atoms with Crippen LogP contribution in [0.5, 0.6) is 5.75 Å². The van der Waals surface area contributed by atoms with Crippen LogP contribution < -0.4 is 10.1 Å². The summed E-state index contributed by atoms with van der Waals surface area (Å²) in [4.78, 5) is 20.2. The standard InChI is InChI=1S/C21H26N4O4S2/c1-4-25(5-2)31(27,28)17-9-7-8-15(12-17)22-20(26)14-30-21-23-18-11-10-16(29-6-3)13-19(18)24-21/h7-13H,4-6,14H2,1-3H3,(H,22,26)(H,23,24). The van der Waals surface area contributed by atoms with Gasteiger partial charge in [0.2, 0.25) is 15.9 Å². The molecular weight excluding hydrogens is 436 g/mol. The van der Waals surface area contributed by atoms with Crippen molar-refractivity contribution in [1.82, 2.24) is 14.3 Å². The van der Waals surface area contributed by atoms with Crippen molar-refractivity contribution in [2.24, 2.45) is 0 Å². The van der Waals surface area contributed by atoms with Crippen molar-refractivity contribution in [3.8, 4) is 5.75 Å². The molecule has 0 aliphatic rings. The Morgan fingerprint density at radius 1 is 1.16 bits per heavy atom. The van der Waals surface area contributed by atoms with Crippen molar-refractivity contribution in [1.29, 1.82) is 0 Å². The first-order chi connectivity index (χ1) is 14.9. The van der Waals surface area contributed by atoms with E-state index in [1.807, 2.05) is 25.1 Å². The highest BCUT2D eigenvalue weighted by Crippen LogP contribution is 2.24. The number of benzene rings is 2. The lowest BCUT2D eigenvalue weighted by Gasteiger charge is -2.18. The molecule has 3 aromatic rings. The molecule has 0 aliphatic heterocycles. The second-order valence-corrected chi connectivity index (χ2v) is 9.51. The minimum atomic E-state index is -3.59. The highest BCUT2D eigenvalue weighted by molar-refractivity contribution is 7.99. The number of fused-ring (bicyclic) bond motifs is 1. The van der Waals surface area contributed by atoms with E-state index >= 15 is 0 Å². The van der Waals surface area contributed by atoms with Crippen LogP contribution in [0.25, 0.3) is 11.0 Å². The van der Waals surface area contributed by atoms with Gasteiger partial charge in [0.05, 0.1) is 28.3 Å². The average molecular weight is 463 g/mol. The Morgan fingerprint density at radius 3 is 2.65 bits per heavy atom. The molecule has 0 fully saturated rings. The summed E-state index contributed by atoms with van der Waals surface area (Å²) in [5, 5.41) is 3.38. The van der Waals surface area contributed by atoms with Gasteiger partial charge in [-0.2, -0.15) is 4.31 Å². The smallest absolute Gasteiger partial charge is 0.243 e. The van der Waals surface area contributed by atoms with Gasteiger partial charge in [-0.05, 0) is 37.3 Å². The van der Waals surface area contributed by atoms with Crippen molar-refractivity contribution in [3.63, 3.8) is 0 Å². The number of carbonyl (C=O) groups excluding carboxylic acids is 1. The molecule has 8 nitrogen and oxygen atoms in total. The van der Waals surface area contributed by atoms with Crippen molar-refractivity contribution in [3.05, 3.63) is 42.5 Å². The number of nitrogens with zero attached hydrogens (tertiary/aromatic N) is 2. The van der Waals surface area contributed by atoms with Gasteiger partial charge in [-0.15, -0.1) is 0 Å². The SMILES string of the molecule is CCOc1ccc2nc(SCC(=O)Nc3cccc(S(=O)(=O)N(CC)CC)c3)[nH]c2c1. The summed E-state index contributed by atoms with van der Waals surface area (Å²) >= 11 is 1.27. The van der Waals surface area contributed by atoms with Gasteiger partial charge >= 0.3 is 0 Å². The van der Waals surface area contributed by atoms with Gasteiger partial charge in [0, 0.05) is 24.8 Å². The van der Waals surface area contributed by atoms with Gasteiger partial charge < -0.3 is 15.0 Å². The van der Waals surface area contributed by atoms with Crippen LogP contribution in [0.3, 0.4) is 0 Å². The number of nitrogens with one attached hydrogen (secondary N) is 2. The molecule has 1 amide bonds. The van der Waals surface area contributed by atoms with E-state index in [1.54, 1.807) is 26.0 Å². The molecule has 0 spiro atoms. The van der Waals surface area contributed by atoms with Crippen LogP contribution in [-0.2, 0) is 14.8 Å². The molecular formula is C21H26N4O4S2. The molecule has 0 atom stereocenters. The van der Waals surface area contributed by atoms with Crippen LogP contribution in [-0.4, -0.2) is 54.0 Å². The lowest BCUT2D eigenvalue weighted by molar-refractivity contribution is -0.113. The summed E-state index contributed by atoms with van der Waals surface area (Å²) in [7, 11) is -3.59. The van der Waals surface area contributed by atoms with E-state index in [0.717, 1.165) is 16.8 Å². The summed E-state index contributed by atoms with van der Waals surface area (Å²) in [6.45, 7) is 6.86. The summed E-state index contributed by atoms with van der Waals surface area (Å²) < 4.78 is 32.2. The number of ether oxygens (including phenoxy) is 1. The quantitative estimate of drug-likeness (QED) is 0.445. The van der Waals surface area contributed by atoms with Crippen LogP contribution in [0.15, 0.2) is 52.5 Å². The number of aromatic amines is 1. The van der Waals surface area contributed by atoms with E-state index in [4.69, 9.17) is 4.74 Å². The van der Waals surface area contributed by atoms with Crippen molar-refractivity contribution in [2.45, 2.75) is 30.8 Å². The van der Waals surface area contributed by atoms with Gasteiger partial charge in [0.25, 0.3) is 0 Å². The maximum atomic E-state index is 12.7. The largest absolute Gasteiger partial charge is 0.494 e. The number of imidazole rings is 1. The van der Waals surface area contributed by atoms with Crippen LogP contribution >= 0.6 is 11.8 Å². The molecule has 10 heteroatoms. The van der Waals surface area contributed by atoms with Crippen molar-refractivity contribution >= 4 is 44.4 Å². The topological polar surface area (TPSA) is 104 Å². The summed E-state index contributed by atoms with van der Waals surface area (Å²) in [5.74, 6) is 0.635. The summed E-state index contributed by atoms with van der Waals surface area (Å²) in [6.07, 6.45) is 0. The third-order valence-electron chi connectivity index (χ3n) is 4.54. The third-order valence-corrected chi connectivity index (χ3v) is 7.46. The van der Waals surface area contributed by atoms with Crippen molar-refractivity contribution < 1.29 is 17.9 Å². The lowest BCUT2D eigenvalue weighted by Crippen LogP contribution is -2.30. The molecule has 31 heavy (non-hydrogen) atoms. The van der Waals surface area contributed by atoms with Gasteiger partial charge in [0.1, 0.15) is 5.75 Å². The first-order valence-corrected chi connectivity index (χ1v) is 12.4. The Labute approximate surface area is 186 Å². The molecule has 3 rings (SSSR count). The average Bonchev–Trinajstić information content (AvgIpc) is 3.16. The third kappa shape index (κ3) is 5.57. The zero-order valence-electron chi connectivity index (χ0n) is 17.7. The lowest BCUT2D eigenvalue weighted by atomic mass is 10.3. The molecule has 1 heterocycles. The second kappa shape index (κ2) is 10.2. The molecule has 2 N–H and O–H groups in total. The highest BCUT2D eigenvalue weighted by atomic mass is 32.2. The van der Waals surface area contributed by atoms with Gasteiger partial charge in [0.15, 0.2) is 5.16 Å². The van der Waals surface area contributed by atoms with E-state index in [-0.39, 0.29) is 16.6 Å². The van der Waals surface area contributed by atoms with Gasteiger partial charge in [-0.25, -0.2) is 13.4 Å². The van der Waals surface area contributed by atoms with Crippen LogP contribution in [0.1, 0.15) is 20.8 Å². The molecule has 0 saturated carbocycles. The van der Waals surface area contributed by atoms with Crippen LogP contribution in [0, 0.1) is 0 Å². The highest BCUT2D eigenvalue weighted by Gasteiger charge is 2.21. The zero-order valence-corrected chi connectivity index (χ0v) is 19.3. The summed E-state index contributed by atoms with van der Waals surface area (Å²) in [6, 6.07) is 11.9. The second-order valence-electron chi connectivity index (χ2n) is 6.61. The first kappa shape index (κ1) is 23.1. The molecule has 166 valence electrons. The number of aromatic nitrogens is 2. The fraction of sp³-hybridized carbons (Fsp3) is 0.333. The van der Waals surface area contributed by atoms with Gasteiger partial charge in [-0.1, -0.05) is 31.7 Å². The number of carbonyl (C=O) groups is 1. The Balaban J connectivity index is 1.64. The van der Waals surface area contributed by atoms with E-state index in [1.165, 1.54) is 28.2 Å². The maximum Gasteiger partial charge on any atom is 0.243 e. The Hall–Kier alpha value is -2.56. The Bertz CT molecular complexity index is 1160. The van der Waals surface area contributed by atoms with E-state index < -0.39 is 10.0 Å². The van der Waals surface area contributed by atoms with Crippen LogP contribution in [0.4, 0.5) is 5.69 Å². The van der Waals surface area contributed by atoms with Crippen molar-refractivity contribution in [2.75, 3.05) is 30.8 Å². The monoisotopic (exact) mass is 462 g/mol. The number of hydrogen-bond acceptors (Lipinski definition) is 6. The number of thioether (sulfide) groups is 1. The molecule has 0 bridgehead atoms. The van der Waals surface area contributed by atoms with Gasteiger partial charge in [-0.3, -0.25) is 4.79 Å². The fourth-order valence-corrected chi connectivity index (χ4v) is 5.26. The minimum Gasteiger partial charge on any atom is -0.494 e. The first-order valence-electron chi connectivity index (χ1n) is 10.0. The number of hydrogen-bond donors (Lipinski definition) is 2. The molecule has 0 saturated heterocycles. The molecule has 0 aliphatic carbocycles. The Kier molecular flexibility index (Phi) is 7.58. The molecule has 1 aromatic heterocycles. The molecule has 0 unspecified atom stereocenters. The number of amides is 1. The molecule has 0 radical (unpaired) electrons. The number of rotatable bonds is 10. The normalized spacial score (nSPS) is 11.7. The summed E-state index contributed by atoms with van der Waals surface area (Å²) in [5.41, 5.74) is 2.06. The molecule has 2 aromatic carbocycles. The minimum absolute atomic E-state index is 0.130. The zero-order chi connectivity index (χ0) is 22.4. The number of anilines is 1.